The van der Waals surface area contributed by atoms with Crippen LogP contribution in [-0.4, -0.2) is 57.5 Å². The molecule has 35 heavy (non-hydrogen) atoms. The van der Waals surface area contributed by atoms with Gasteiger partial charge in [0.1, 0.15) is 5.82 Å². The van der Waals surface area contributed by atoms with Gasteiger partial charge in [0.25, 0.3) is 10.2 Å². The van der Waals surface area contributed by atoms with Crippen LogP contribution in [0.4, 0.5) is 5.95 Å². The second-order valence-electron chi connectivity index (χ2n) is 10.1. The van der Waals surface area contributed by atoms with Crippen molar-refractivity contribution in [2.45, 2.75) is 70.1 Å². The van der Waals surface area contributed by atoms with Crippen molar-refractivity contribution in [1.82, 2.24) is 23.6 Å². The zero-order valence-corrected chi connectivity index (χ0v) is 21.1. The van der Waals surface area contributed by atoms with Crippen LogP contribution in [0.3, 0.4) is 0 Å². The van der Waals surface area contributed by atoms with Gasteiger partial charge in [-0.3, -0.25) is 0 Å². The van der Waals surface area contributed by atoms with Gasteiger partial charge in [0, 0.05) is 43.0 Å². The molecule has 0 spiro atoms. The normalized spacial score (nSPS) is 22.0. The van der Waals surface area contributed by atoms with E-state index in [-0.39, 0.29) is 12.1 Å². The molecular weight excluding hydrogens is 464 g/mol. The SMILES string of the molecule is CC(C)(O)c1cccc2c1ccn2-c1ccnc(NC2CCC(NS(=O)(=O)N3CCCC3)CC2)n1. The minimum atomic E-state index is -3.38. The summed E-state index contributed by atoms with van der Waals surface area (Å²) in [5.74, 6) is 1.31. The first-order valence-corrected chi connectivity index (χ1v) is 13.8. The predicted molar refractivity (Wildman–Crippen MR) is 137 cm³/mol. The number of aromatic nitrogens is 3. The summed E-state index contributed by atoms with van der Waals surface area (Å²) < 4.78 is 31.6. The number of hydrogen-bond acceptors (Lipinski definition) is 6. The fraction of sp³-hybridized carbons (Fsp3) is 0.520. The molecule has 3 aromatic rings. The minimum Gasteiger partial charge on any atom is -0.386 e. The average Bonchev–Trinajstić information content (AvgIpc) is 3.50. The third-order valence-electron chi connectivity index (χ3n) is 7.06. The zero-order chi connectivity index (χ0) is 24.6. The molecular formula is C25H34N6O3S. The summed E-state index contributed by atoms with van der Waals surface area (Å²) >= 11 is 0. The molecule has 1 aromatic carbocycles. The molecule has 3 heterocycles. The quantitative estimate of drug-likeness (QED) is 0.461. The average molecular weight is 499 g/mol. The Hall–Kier alpha value is -2.53. The van der Waals surface area contributed by atoms with Crippen molar-refractivity contribution in [2.75, 3.05) is 18.4 Å². The smallest absolute Gasteiger partial charge is 0.279 e. The summed E-state index contributed by atoms with van der Waals surface area (Å²) in [6, 6.07) is 9.95. The molecule has 0 radical (unpaired) electrons. The Balaban J connectivity index is 1.25. The second kappa shape index (κ2) is 9.50. The van der Waals surface area contributed by atoms with Crippen LogP contribution in [0, 0.1) is 0 Å². The number of rotatable bonds is 7. The van der Waals surface area contributed by atoms with E-state index in [0.717, 1.165) is 60.8 Å². The number of benzene rings is 1. The molecule has 188 valence electrons. The molecule has 0 unspecified atom stereocenters. The highest BCUT2D eigenvalue weighted by molar-refractivity contribution is 7.87. The summed E-state index contributed by atoms with van der Waals surface area (Å²) in [4.78, 5) is 9.16. The first kappa shape index (κ1) is 24.2. The first-order chi connectivity index (χ1) is 16.7. The van der Waals surface area contributed by atoms with E-state index in [1.165, 1.54) is 0 Å². The van der Waals surface area contributed by atoms with Crippen molar-refractivity contribution >= 4 is 27.1 Å². The van der Waals surface area contributed by atoms with E-state index in [1.54, 1.807) is 24.3 Å². The number of aliphatic hydroxyl groups is 1. The molecule has 1 aliphatic heterocycles. The maximum atomic E-state index is 12.6. The first-order valence-electron chi connectivity index (χ1n) is 12.4. The van der Waals surface area contributed by atoms with Crippen LogP contribution >= 0.6 is 0 Å². The standard InChI is InChI=1S/C25H34N6O3S/c1-25(2,32)21-6-5-7-22-20(21)13-17-31(22)23-12-14-26-24(28-23)27-18-8-10-19(11-9-18)29-35(33,34)30-15-3-4-16-30/h5-7,12-14,17-19,29,32H,3-4,8-11,15-16H2,1-2H3,(H,26,27,28). The monoisotopic (exact) mass is 498 g/mol. The molecule has 2 aromatic heterocycles. The van der Waals surface area contributed by atoms with E-state index in [0.29, 0.717) is 19.0 Å². The third-order valence-corrected chi connectivity index (χ3v) is 8.74. The van der Waals surface area contributed by atoms with Gasteiger partial charge in [-0.15, -0.1) is 0 Å². The van der Waals surface area contributed by atoms with Gasteiger partial charge in [0.2, 0.25) is 5.95 Å². The lowest BCUT2D eigenvalue weighted by Crippen LogP contribution is -2.46. The van der Waals surface area contributed by atoms with Crippen LogP contribution < -0.4 is 10.0 Å². The highest BCUT2D eigenvalue weighted by atomic mass is 32.2. The van der Waals surface area contributed by atoms with E-state index < -0.39 is 15.8 Å². The van der Waals surface area contributed by atoms with Gasteiger partial charge in [-0.05, 0) is 76.1 Å². The molecule has 9 nitrogen and oxygen atoms in total. The Morgan fingerprint density at radius 1 is 1.03 bits per heavy atom. The van der Waals surface area contributed by atoms with Gasteiger partial charge < -0.3 is 15.0 Å². The second-order valence-corrected chi connectivity index (χ2v) is 11.8. The highest BCUT2D eigenvalue weighted by Gasteiger charge is 2.30. The largest absolute Gasteiger partial charge is 0.386 e. The van der Waals surface area contributed by atoms with E-state index in [4.69, 9.17) is 4.98 Å². The van der Waals surface area contributed by atoms with Gasteiger partial charge in [-0.1, -0.05) is 12.1 Å². The Morgan fingerprint density at radius 2 is 1.74 bits per heavy atom. The Kier molecular flexibility index (Phi) is 6.56. The highest BCUT2D eigenvalue weighted by Crippen LogP contribution is 2.30. The molecule has 0 bridgehead atoms. The Labute approximate surface area is 206 Å². The van der Waals surface area contributed by atoms with Crippen LogP contribution in [0.15, 0.2) is 42.7 Å². The molecule has 0 amide bonds. The molecule has 1 saturated carbocycles. The topological polar surface area (TPSA) is 112 Å². The van der Waals surface area contributed by atoms with E-state index in [1.807, 2.05) is 41.1 Å². The molecule has 10 heteroatoms. The molecule has 1 saturated heterocycles. The molecule has 1 aliphatic carbocycles. The fourth-order valence-corrected chi connectivity index (χ4v) is 6.75. The van der Waals surface area contributed by atoms with E-state index in [2.05, 4.69) is 15.0 Å². The van der Waals surface area contributed by atoms with E-state index in [9.17, 15) is 13.5 Å². The molecule has 0 atom stereocenters. The molecule has 3 N–H and O–H groups in total. The van der Waals surface area contributed by atoms with Crippen LogP contribution in [0.25, 0.3) is 16.7 Å². The summed E-state index contributed by atoms with van der Waals surface area (Å²) in [5.41, 5.74) is 0.907. The minimum absolute atomic E-state index is 0.0258. The number of nitrogens with zero attached hydrogens (tertiary/aromatic N) is 4. The maximum absolute atomic E-state index is 12.6. The van der Waals surface area contributed by atoms with Crippen molar-refractivity contribution in [3.63, 3.8) is 0 Å². The van der Waals surface area contributed by atoms with Crippen LogP contribution in [0.2, 0.25) is 0 Å². The Bertz CT molecular complexity index is 1290. The van der Waals surface area contributed by atoms with Gasteiger partial charge in [0.05, 0.1) is 11.1 Å². The van der Waals surface area contributed by atoms with Gasteiger partial charge in [0.15, 0.2) is 0 Å². The lowest BCUT2D eigenvalue weighted by atomic mass is 9.92. The van der Waals surface area contributed by atoms with Crippen molar-refractivity contribution in [1.29, 1.82) is 0 Å². The third kappa shape index (κ3) is 5.20. The number of anilines is 1. The molecule has 5 rings (SSSR count). The van der Waals surface area contributed by atoms with Crippen LogP contribution in [0.1, 0.15) is 57.9 Å². The van der Waals surface area contributed by atoms with Crippen molar-refractivity contribution in [3.05, 3.63) is 48.3 Å². The van der Waals surface area contributed by atoms with Crippen molar-refractivity contribution < 1.29 is 13.5 Å². The fourth-order valence-electron chi connectivity index (χ4n) is 5.21. The summed E-state index contributed by atoms with van der Waals surface area (Å²) in [7, 11) is -3.38. The number of hydrogen-bond donors (Lipinski definition) is 3. The number of nitrogens with one attached hydrogen (secondary N) is 2. The summed E-state index contributed by atoms with van der Waals surface area (Å²) in [6.45, 7) is 4.82. The van der Waals surface area contributed by atoms with Crippen LogP contribution in [-0.2, 0) is 15.8 Å². The molecule has 2 fully saturated rings. The van der Waals surface area contributed by atoms with Gasteiger partial charge >= 0.3 is 0 Å². The van der Waals surface area contributed by atoms with Crippen molar-refractivity contribution in [3.8, 4) is 5.82 Å². The zero-order valence-electron chi connectivity index (χ0n) is 20.3. The number of fused-ring (bicyclic) bond motifs is 1. The Morgan fingerprint density at radius 3 is 2.46 bits per heavy atom. The summed E-state index contributed by atoms with van der Waals surface area (Å²) in [6.07, 6.45) is 8.85. The summed E-state index contributed by atoms with van der Waals surface area (Å²) in [5, 5.41) is 15.0. The van der Waals surface area contributed by atoms with Crippen molar-refractivity contribution in [2.24, 2.45) is 0 Å². The van der Waals surface area contributed by atoms with Gasteiger partial charge in [-0.25, -0.2) is 4.98 Å². The van der Waals surface area contributed by atoms with Crippen LogP contribution in [0.5, 0.6) is 0 Å². The lowest BCUT2D eigenvalue weighted by Gasteiger charge is -2.30. The maximum Gasteiger partial charge on any atom is 0.279 e. The van der Waals surface area contributed by atoms with E-state index >= 15 is 0 Å². The lowest BCUT2D eigenvalue weighted by molar-refractivity contribution is 0.0802. The predicted octanol–water partition coefficient (Wildman–Crippen LogP) is 3.30. The van der Waals surface area contributed by atoms with Gasteiger partial charge in [-0.2, -0.15) is 22.4 Å². The molecule has 2 aliphatic rings.